The van der Waals surface area contributed by atoms with E-state index in [0.29, 0.717) is 13.0 Å². The van der Waals surface area contributed by atoms with Crippen molar-refractivity contribution in [1.29, 1.82) is 0 Å². The van der Waals surface area contributed by atoms with Gasteiger partial charge in [0.1, 0.15) is 17.7 Å². The number of rotatable bonds is 7. The number of anilines is 1. The fraction of sp³-hybridized carbons (Fsp3) is 0.500. The van der Waals surface area contributed by atoms with Gasteiger partial charge < -0.3 is 20.5 Å². The number of hydrogen-bond acceptors (Lipinski definition) is 8. The molecule has 0 radical (unpaired) electrons. The van der Waals surface area contributed by atoms with E-state index in [2.05, 4.69) is 20.4 Å². The molecule has 1 saturated heterocycles. The van der Waals surface area contributed by atoms with Crippen LogP contribution in [0.2, 0.25) is 0 Å². The van der Waals surface area contributed by atoms with Crippen LogP contribution in [-0.4, -0.2) is 63.1 Å². The van der Waals surface area contributed by atoms with Gasteiger partial charge in [-0.15, -0.1) is 5.10 Å². The van der Waals surface area contributed by atoms with Gasteiger partial charge >= 0.3 is 12.1 Å². The monoisotopic (exact) mass is 524 g/mol. The number of carbonyl (C=O) groups excluding carboxylic acids is 1. The summed E-state index contributed by atoms with van der Waals surface area (Å²) in [6.07, 6.45) is -2.15. The number of alkyl halides is 3. The molecule has 3 aromatic heterocycles. The number of halogens is 4. The Kier molecular flexibility index (Phi) is 7.64. The SMILES string of the molecule is CC(C)[C@H](N)C(=O)O[C@@H]1COCC[C@H]1Nc1ncc2c(F)cc(-c3ccc([C@H](C)C(F)(F)F)cn3)n2n1. The van der Waals surface area contributed by atoms with Crippen LogP contribution in [0.25, 0.3) is 16.9 Å². The molecule has 13 heteroatoms. The maximum atomic E-state index is 14.6. The van der Waals surface area contributed by atoms with Crippen LogP contribution in [0, 0.1) is 11.7 Å². The first-order chi connectivity index (χ1) is 17.5. The molecule has 3 aromatic rings. The van der Waals surface area contributed by atoms with Crippen LogP contribution in [0.4, 0.5) is 23.5 Å². The van der Waals surface area contributed by atoms with E-state index in [1.165, 1.54) is 28.9 Å². The number of nitrogens with zero attached hydrogens (tertiary/aromatic N) is 4. The van der Waals surface area contributed by atoms with E-state index in [4.69, 9.17) is 15.2 Å². The lowest BCUT2D eigenvalue weighted by Crippen LogP contribution is -2.48. The van der Waals surface area contributed by atoms with Crippen molar-refractivity contribution in [2.24, 2.45) is 11.7 Å². The number of nitrogens with two attached hydrogens (primary N) is 1. The molecule has 0 bridgehead atoms. The van der Waals surface area contributed by atoms with Gasteiger partial charge in [0, 0.05) is 18.9 Å². The summed E-state index contributed by atoms with van der Waals surface area (Å²) < 4.78 is 66.0. The smallest absolute Gasteiger partial charge is 0.395 e. The fourth-order valence-corrected chi connectivity index (χ4v) is 3.86. The average molecular weight is 525 g/mol. The van der Waals surface area contributed by atoms with Gasteiger partial charge in [0.15, 0.2) is 5.82 Å². The van der Waals surface area contributed by atoms with E-state index < -0.39 is 36.0 Å². The normalized spacial score (nSPS) is 20.1. The van der Waals surface area contributed by atoms with E-state index in [1.54, 1.807) is 0 Å². The molecule has 1 fully saturated rings. The van der Waals surface area contributed by atoms with Gasteiger partial charge in [-0.25, -0.2) is 13.9 Å². The highest BCUT2D eigenvalue weighted by atomic mass is 19.4. The van der Waals surface area contributed by atoms with Crippen molar-refractivity contribution < 1.29 is 31.8 Å². The van der Waals surface area contributed by atoms with Gasteiger partial charge in [0.25, 0.3) is 0 Å². The van der Waals surface area contributed by atoms with E-state index in [-0.39, 0.29) is 47.0 Å². The summed E-state index contributed by atoms with van der Waals surface area (Å²) in [6.45, 7) is 5.25. The van der Waals surface area contributed by atoms with Crippen molar-refractivity contribution in [3.63, 3.8) is 0 Å². The molecule has 3 N–H and O–H groups in total. The Morgan fingerprint density at radius 1 is 1.24 bits per heavy atom. The average Bonchev–Trinajstić information content (AvgIpc) is 3.19. The van der Waals surface area contributed by atoms with Crippen LogP contribution < -0.4 is 11.1 Å². The van der Waals surface area contributed by atoms with Gasteiger partial charge in [-0.2, -0.15) is 13.2 Å². The zero-order valence-corrected chi connectivity index (χ0v) is 20.5. The molecule has 200 valence electrons. The zero-order chi connectivity index (χ0) is 26.9. The molecule has 4 rings (SSSR count). The van der Waals surface area contributed by atoms with Crippen molar-refractivity contribution in [2.45, 2.75) is 57.5 Å². The number of carbonyl (C=O) groups is 1. The Hall–Kier alpha value is -3.32. The van der Waals surface area contributed by atoms with Gasteiger partial charge in [-0.3, -0.25) is 9.78 Å². The summed E-state index contributed by atoms with van der Waals surface area (Å²) >= 11 is 0. The van der Waals surface area contributed by atoms with Crippen LogP contribution >= 0.6 is 0 Å². The van der Waals surface area contributed by atoms with Gasteiger partial charge in [0.2, 0.25) is 5.95 Å². The molecule has 37 heavy (non-hydrogen) atoms. The molecule has 1 aliphatic heterocycles. The Balaban J connectivity index is 1.58. The summed E-state index contributed by atoms with van der Waals surface area (Å²) in [4.78, 5) is 20.7. The molecule has 4 atom stereocenters. The second-order valence-corrected chi connectivity index (χ2v) is 9.36. The quantitative estimate of drug-likeness (QED) is 0.355. The minimum atomic E-state index is -4.40. The molecule has 0 spiro atoms. The number of esters is 1. The molecule has 0 amide bonds. The third-order valence-corrected chi connectivity index (χ3v) is 6.38. The number of ether oxygens (including phenoxy) is 2. The first-order valence-corrected chi connectivity index (χ1v) is 11.8. The predicted octanol–water partition coefficient (Wildman–Crippen LogP) is 3.69. The van der Waals surface area contributed by atoms with E-state index in [1.807, 2.05) is 13.8 Å². The standard InChI is InChI=1S/C24H28F4N6O3/c1-12(2)21(29)22(35)37-20-11-36-7-6-17(20)32-23-31-10-19-15(25)8-18(34(19)33-23)16-5-4-14(9-30-16)13(3)24(26,27)28/h4-5,8-10,12-13,17,20-21H,6-7,11,29H2,1-3H3,(H,32,33)/t13-,17+,20+,21-/m0/s1. The number of aromatic nitrogens is 4. The Labute approximate surface area is 210 Å². The highest BCUT2D eigenvalue weighted by Crippen LogP contribution is 2.34. The molecule has 0 unspecified atom stereocenters. The summed E-state index contributed by atoms with van der Waals surface area (Å²) in [5, 5.41) is 7.48. The molecule has 4 heterocycles. The molecule has 1 aliphatic rings. The molecular formula is C24H28F4N6O3. The maximum absolute atomic E-state index is 14.6. The molecule has 0 aromatic carbocycles. The van der Waals surface area contributed by atoms with Crippen molar-refractivity contribution in [3.8, 4) is 11.4 Å². The predicted molar refractivity (Wildman–Crippen MR) is 126 cm³/mol. The Bertz CT molecular complexity index is 1250. The fourth-order valence-electron chi connectivity index (χ4n) is 3.86. The van der Waals surface area contributed by atoms with Gasteiger partial charge in [-0.1, -0.05) is 19.9 Å². The van der Waals surface area contributed by atoms with Gasteiger partial charge in [0.05, 0.1) is 36.2 Å². The van der Waals surface area contributed by atoms with Crippen LogP contribution in [0.1, 0.15) is 38.7 Å². The number of hydrogen-bond donors (Lipinski definition) is 2. The first kappa shape index (κ1) is 26.7. The second-order valence-electron chi connectivity index (χ2n) is 9.36. The van der Waals surface area contributed by atoms with Crippen molar-refractivity contribution in [1.82, 2.24) is 19.6 Å². The van der Waals surface area contributed by atoms with Crippen LogP contribution in [-0.2, 0) is 14.3 Å². The third-order valence-electron chi connectivity index (χ3n) is 6.38. The highest BCUT2D eigenvalue weighted by molar-refractivity contribution is 5.76. The van der Waals surface area contributed by atoms with Crippen LogP contribution in [0.5, 0.6) is 0 Å². The highest BCUT2D eigenvalue weighted by Gasteiger charge is 2.37. The number of fused-ring (bicyclic) bond motifs is 1. The second kappa shape index (κ2) is 10.6. The minimum absolute atomic E-state index is 0.00754. The largest absolute Gasteiger partial charge is 0.457 e. The topological polar surface area (TPSA) is 117 Å². The number of nitrogens with one attached hydrogen (secondary N) is 1. The van der Waals surface area contributed by atoms with Crippen LogP contribution in [0.3, 0.4) is 0 Å². The molecule has 0 aliphatic carbocycles. The summed E-state index contributed by atoms with van der Waals surface area (Å²) in [5.74, 6) is -2.82. The lowest BCUT2D eigenvalue weighted by molar-refractivity contribution is -0.158. The summed E-state index contributed by atoms with van der Waals surface area (Å²) in [7, 11) is 0. The van der Waals surface area contributed by atoms with Crippen LogP contribution in [0.15, 0.2) is 30.6 Å². The number of pyridine rings is 1. The lowest BCUT2D eigenvalue weighted by Gasteiger charge is -2.32. The van der Waals surface area contributed by atoms with E-state index in [0.717, 1.165) is 13.1 Å². The van der Waals surface area contributed by atoms with Crippen molar-refractivity contribution >= 4 is 17.4 Å². The third kappa shape index (κ3) is 5.82. The molecular weight excluding hydrogens is 496 g/mol. The Morgan fingerprint density at radius 2 is 2.00 bits per heavy atom. The van der Waals surface area contributed by atoms with Crippen molar-refractivity contribution in [2.75, 3.05) is 18.5 Å². The molecule has 0 saturated carbocycles. The maximum Gasteiger partial charge on any atom is 0.395 e. The zero-order valence-electron chi connectivity index (χ0n) is 20.5. The van der Waals surface area contributed by atoms with E-state index >= 15 is 0 Å². The Morgan fingerprint density at radius 3 is 2.65 bits per heavy atom. The van der Waals surface area contributed by atoms with E-state index in [9.17, 15) is 22.4 Å². The first-order valence-electron chi connectivity index (χ1n) is 11.8. The minimum Gasteiger partial charge on any atom is -0.457 e. The van der Waals surface area contributed by atoms with Crippen molar-refractivity contribution in [3.05, 3.63) is 42.0 Å². The summed E-state index contributed by atoms with van der Waals surface area (Å²) in [5.41, 5.74) is 6.43. The lowest BCUT2D eigenvalue weighted by atomic mass is 10.0. The summed E-state index contributed by atoms with van der Waals surface area (Å²) in [6, 6.07) is 2.72. The molecule has 9 nitrogen and oxygen atoms in total. The van der Waals surface area contributed by atoms with Gasteiger partial charge in [-0.05, 0) is 30.9 Å².